The van der Waals surface area contributed by atoms with Crippen molar-refractivity contribution in [1.82, 2.24) is 9.80 Å². The Labute approximate surface area is 160 Å². The summed E-state index contributed by atoms with van der Waals surface area (Å²) in [5.74, 6) is -1.37. The summed E-state index contributed by atoms with van der Waals surface area (Å²) in [6.07, 6.45) is 0. The molecule has 1 aliphatic heterocycles. The second kappa shape index (κ2) is 7.75. The molecule has 0 radical (unpaired) electrons. The van der Waals surface area contributed by atoms with Crippen LogP contribution < -0.4 is 4.74 Å². The molecule has 146 valence electrons. The van der Waals surface area contributed by atoms with Gasteiger partial charge < -0.3 is 9.64 Å². The third-order valence-electron chi connectivity index (χ3n) is 4.41. The largest absolute Gasteiger partial charge is 0.435 e. The normalized spacial score (nSPS) is 13.1. The Hall–Kier alpha value is -3.29. The lowest BCUT2D eigenvalue weighted by Crippen LogP contribution is -2.40. The fourth-order valence-corrected chi connectivity index (χ4v) is 2.94. The average molecular weight is 388 g/mol. The Morgan fingerprint density at radius 2 is 1.71 bits per heavy atom. The fraction of sp³-hybridized carbons (Fsp3) is 0.250. The van der Waals surface area contributed by atoms with Gasteiger partial charge in [-0.25, -0.2) is 0 Å². The van der Waals surface area contributed by atoms with Gasteiger partial charge in [-0.3, -0.25) is 19.3 Å². The zero-order valence-corrected chi connectivity index (χ0v) is 15.3. The Morgan fingerprint density at radius 3 is 2.36 bits per heavy atom. The standard InChI is InChI=1S/C20H18F2N2O4/c1-12-3-8-15-16(9-12)19(27)24(18(15)26)11-17(25)23(2)10-13-4-6-14(7-5-13)28-20(21)22/h3-9,20H,10-11H2,1-2H3. The summed E-state index contributed by atoms with van der Waals surface area (Å²) in [4.78, 5) is 39.7. The Morgan fingerprint density at radius 1 is 1.07 bits per heavy atom. The maximum absolute atomic E-state index is 12.5. The van der Waals surface area contributed by atoms with Crippen molar-refractivity contribution in [2.24, 2.45) is 0 Å². The lowest BCUT2D eigenvalue weighted by atomic mass is 10.1. The minimum atomic E-state index is -2.90. The number of ether oxygens (including phenoxy) is 1. The number of likely N-dealkylation sites (N-methyl/N-ethyl adjacent to an activating group) is 1. The zero-order chi connectivity index (χ0) is 20.4. The number of nitrogens with zero attached hydrogens (tertiary/aromatic N) is 2. The molecule has 0 unspecified atom stereocenters. The van der Waals surface area contributed by atoms with E-state index in [1.54, 1.807) is 30.3 Å². The van der Waals surface area contributed by atoms with Gasteiger partial charge >= 0.3 is 6.61 Å². The summed E-state index contributed by atoms with van der Waals surface area (Å²) < 4.78 is 28.6. The number of aryl methyl sites for hydroxylation is 1. The van der Waals surface area contributed by atoms with Crippen molar-refractivity contribution >= 4 is 17.7 Å². The molecule has 0 N–H and O–H groups in total. The van der Waals surface area contributed by atoms with Gasteiger partial charge in [0.15, 0.2) is 0 Å². The molecular formula is C20H18F2N2O4. The molecule has 2 aromatic carbocycles. The molecule has 1 heterocycles. The minimum absolute atomic E-state index is 0.0223. The predicted molar refractivity (Wildman–Crippen MR) is 96.1 cm³/mol. The SMILES string of the molecule is Cc1ccc2c(c1)C(=O)N(CC(=O)N(C)Cc1ccc(OC(F)F)cc1)C2=O. The highest BCUT2D eigenvalue weighted by molar-refractivity contribution is 6.22. The number of hydrogen-bond acceptors (Lipinski definition) is 4. The van der Waals surface area contributed by atoms with Crippen LogP contribution in [0.15, 0.2) is 42.5 Å². The van der Waals surface area contributed by atoms with Gasteiger partial charge in [0.2, 0.25) is 5.91 Å². The molecular weight excluding hydrogens is 370 g/mol. The highest BCUT2D eigenvalue weighted by Gasteiger charge is 2.37. The molecule has 2 aromatic rings. The highest BCUT2D eigenvalue weighted by Crippen LogP contribution is 2.24. The Kier molecular flexibility index (Phi) is 5.39. The van der Waals surface area contributed by atoms with Gasteiger partial charge in [0.1, 0.15) is 12.3 Å². The third kappa shape index (κ3) is 4.00. The number of alkyl halides is 2. The summed E-state index contributed by atoms with van der Waals surface area (Å²) >= 11 is 0. The number of halogens is 2. The summed E-state index contributed by atoms with van der Waals surface area (Å²) in [5, 5.41) is 0. The van der Waals surface area contributed by atoms with Crippen LogP contribution in [0.5, 0.6) is 5.75 Å². The number of amides is 3. The second-order valence-corrected chi connectivity index (χ2v) is 6.52. The monoisotopic (exact) mass is 388 g/mol. The third-order valence-corrected chi connectivity index (χ3v) is 4.41. The van der Waals surface area contributed by atoms with Gasteiger partial charge in [0.25, 0.3) is 11.8 Å². The van der Waals surface area contributed by atoms with Gasteiger partial charge in [-0.05, 0) is 36.8 Å². The van der Waals surface area contributed by atoms with E-state index in [0.717, 1.165) is 10.5 Å². The first-order valence-corrected chi connectivity index (χ1v) is 8.51. The van der Waals surface area contributed by atoms with Gasteiger partial charge in [0, 0.05) is 13.6 Å². The van der Waals surface area contributed by atoms with Crippen LogP contribution in [0.1, 0.15) is 31.8 Å². The molecule has 0 spiro atoms. The van der Waals surface area contributed by atoms with Crippen LogP contribution in [0.3, 0.4) is 0 Å². The van der Waals surface area contributed by atoms with E-state index in [0.29, 0.717) is 16.7 Å². The van der Waals surface area contributed by atoms with E-state index in [4.69, 9.17) is 0 Å². The maximum Gasteiger partial charge on any atom is 0.387 e. The molecule has 3 amide bonds. The van der Waals surface area contributed by atoms with Crippen LogP contribution in [-0.4, -0.2) is 47.7 Å². The van der Waals surface area contributed by atoms with E-state index in [2.05, 4.69) is 4.74 Å². The Balaban J connectivity index is 1.63. The summed E-state index contributed by atoms with van der Waals surface area (Å²) in [7, 11) is 1.54. The lowest BCUT2D eigenvalue weighted by Gasteiger charge is -2.21. The molecule has 28 heavy (non-hydrogen) atoms. The van der Waals surface area contributed by atoms with Gasteiger partial charge in [0.05, 0.1) is 11.1 Å². The lowest BCUT2D eigenvalue weighted by molar-refractivity contribution is -0.130. The van der Waals surface area contributed by atoms with Gasteiger partial charge in [-0.2, -0.15) is 8.78 Å². The molecule has 0 saturated heterocycles. The van der Waals surface area contributed by atoms with Crippen molar-refractivity contribution in [3.8, 4) is 5.75 Å². The predicted octanol–water partition coefficient (Wildman–Crippen LogP) is 2.85. The van der Waals surface area contributed by atoms with Gasteiger partial charge in [-0.15, -0.1) is 0 Å². The van der Waals surface area contributed by atoms with Crippen molar-refractivity contribution in [1.29, 1.82) is 0 Å². The first-order chi connectivity index (χ1) is 13.3. The molecule has 3 rings (SSSR count). The number of carbonyl (C=O) groups excluding carboxylic acids is 3. The summed E-state index contributed by atoms with van der Waals surface area (Å²) in [6.45, 7) is -1.26. The fourth-order valence-electron chi connectivity index (χ4n) is 2.94. The molecule has 0 aromatic heterocycles. The molecule has 0 aliphatic carbocycles. The van der Waals surface area contributed by atoms with Crippen LogP contribution in [0, 0.1) is 6.92 Å². The minimum Gasteiger partial charge on any atom is -0.435 e. The second-order valence-electron chi connectivity index (χ2n) is 6.52. The molecule has 0 fully saturated rings. The van der Waals surface area contributed by atoms with E-state index >= 15 is 0 Å². The number of rotatable bonds is 6. The molecule has 1 aliphatic rings. The van der Waals surface area contributed by atoms with Crippen LogP contribution >= 0.6 is 0 Å². The Bertz CT molecular complexity index is 928. The number of carbonyl (C=O) groups is 3. The summed E-state index contributed by atoms with van der Waals surface area (Å²) in [6, 6.07) is 10.8. The molecule has 0 atom stereocenters. The van der Waals surface area contributed by atoms with Crippen LogP contribution in [0.25, 0.3) is 0 Å². The maximum atomic E-state index is 12.5. The first-order valence-electron chi connectivity index (χ1n) is 8.51. The van der Waals surface area contributed by atoms with E-state index in [1.807, 2.05) is 6.92 Å². The highest BCUT2D eigenvalue weighted by atomic mass is 19.3. The zero-order valence-electron chi connectivity index (χ0n) is 15.3. The molecule has 0 saturated carbocycles. The number of benzene rings is 2. The van der Waals surface area contributed by atoms with Crippen LogP contribution in [0.4, 0.5) is 8.78 Å². The van der Waals surface area contributed by atoms with E-state index < -0.39 is 24.3 Å². The van der Waals surface area contributed by atoms with Crippen molar-refractivity contribution < 1.29 is 27.9 Å². The van der Waals surface area contributed by atoms with Crippen molar-refractivity contribution in [3.05, 3.63) is 64.7 Å². The van der Waals surface area contributed by atoms with Crippen molar-refractivity contribution in [3.63, 3.8) is 0 Å². The number of hydrogen-bond donors (Lipinski definition) is 0. The van der Waals surface area contributed by atoms with E-state index in [-0.39, 0.29) is 18.8 Å². The van der Waals surface area contributed by atoms with Gasteiger partial charge in [-0.1, -0.05) is 23.8 Å². The quantitative estimate of drug-likeness (QED) is 0.714. The molecule has 0 bridgehead atoms. The van der Waals surface area contributed by atoms with Crippen LogP contribution in [0.2, 0.25) is 0 Å². The number of fused-ring (bicyclic) bond motifs is 1. The first kappa shape index (κ1) is 19.5. The van der Waals surface area contributed by atoms with E-state index in [9.17, 15) is 23.2 Å². The van der Waals surface area contributed by atoms with Crippen LogP contribution in [-0.2, 0) is 11.3 Å². The molecule has 6 nitrogen and oxygen atoms in total. The smallest absolute Gasteiger partial charge is 0.387 e. The van der Waals surface area contributed by atoms with Crippen molar-refractivity contribution in [2.45, 2.75) is 20.1 Å². The van der Waals surface area contributed by atoms with Crippen molar-refractivity contribution in [2.75, 3.05) is 13.6 Å². The molecule has 8 heteroatoms. The topological polar surface area (TPSA) is 66.9 Å². The van der Waals surface area contributed by atoms with E-state index in [1.165, 1.54) is 24.1 Å². The summed E-state index contributed by atoms with van der Waals surface area (Å²) in [5.41, 5.74) is 2.13. The average Bonchev–Trinajstić information content (AvgIpc) is 2.87. The number of imide groups is 1.